The predicted molar refractivity (Wildman–Crippen MR) is 71.3 cm³/mol. The largest absolute Gasteiger partial charge is 0.399 e. The second-order valence-electron chi connectivity index (χ2n) is 3.76. The summed E-state index contributed by atoms with van der Waals surface area (Å²) in [4.78, 5) is -0.221. The van der Waals surface area contributed by atoms with Crippen molar-refractivity contribution in [2.24, 2.45) is 10.2 Å². The zero-order valence-corrected chi connectivity index (χ0v) is 10.6. The van der Waals surface area contributed by atoms with Gasteiger partial charge in [-0.15, -0.1) is 0 Å². The second kappa shape index (κ2) is 5.17. The first-order valence-corrected chi connectivity index (χ1v) is 6.74. The van der Waals surface area contributed by atoms with Gasteiger partial charge in [0.2, 0.25) is 0 Å². The Hall–Kier alpha value is -2.25. The molecule has 6 nitrogen and oxygen atoms in total. The molecule has 3 N–H and O–H groups in total. The monoisotopic (exact) mass is 277 g/mol. The van der Waals surface area contributed by atoms with Gasteiger partial charge in [0.05, 0.1) is 16.3 Å². The lowest BCUT2D eigenvalue weighted by Crippen LogP contribution is -1.96. The van der Waals surface area contributed by atoms with E-state index in [1.54, 1.807) is 30.3 Å². The van der Waals surface area contributed by atoms with Gasteiger partial charge in [-0.1, -0.05) is 6.07 Å². The molecule has 0 aromatic heterocycles. The molecular weight excluding hydrogens is 266 g/mol. The van der Waals surface area contributed by atoms with Gasteiger partial charge in [-0.2, -0.15) is 18.6 Å². The van der Waals surface area contributed by atoms with E-state index in [0.29, 0.717) is 17.1 Å². The van der Waals surface area contributed by atoms with E-state index in [-0.39, 0.29) is 4.90 Å². The molecule has 0 bridgehead atoms. The van der Waals surface area contributed by atoms with Gasteiger partial charge in [-0.05, 0) is 42.5 Å². The van der Waals surface area contributed by atoms with Gasteiger partial charge in [0.1, 0.15) is 0 Å². The molecule has 0 heterocycles. The van der Waals surface area contributed by atoms with E-state index in [1.165, 1.54) is 18.2 Å². The first-order chi connectivity index (χ1) is 8.95. The highest BCUT2D eigenvalue weighted by Gasteiger charge is 2.09. The van der Waals surface area contributed by atoms with Gasteiger partial charge in [-0.25, -0.2) is 0 Å². The Bertz CT molecular complexity index is 709. The Kier molecular flexibility index (Phi) is 3.59. The number of azo groups is 1. The number of hydrogen-bond acceptors (Lipinski definition) is 5. The standard InChI is InChI=1S/C12H11N3O3S/c13-9-4-6-10(7-5-9)14-15-11-2-1-3-12(8-11)19(16,17)18/h1-8H,13H2,(H,16,17,18). The van der Waals surface area contributed by atoms with Crippen molar-refractivity contribution in [1.82, 2.24) is 0 Å². The molecule has 2 aromatic rings. The van der Waals surface area contributed by atoms with Crippen LogP contribution in [0.4, 0.5) is 17.1 Å². The summed E-state index contributed by atoms with van der Waals surface area (Å²) >= 11 is 0. The molecule has 0 saturated carbocycles. The first kappa shape index (κ1) is 13.2. The van der Waals surface area contributed by atoms with Crippen LogP contribution in [0.2, 0.25) is 0 Å². The van der Waals surface area contributed by atoms with E-state index in [0.717, 1.165) is 0 Å². The van der Waals surface area contributed by atoms with E-state index < -0.39 is 10.1 Å². The minimum absolute atomic E-state index is 0.221. The molecule has 0 aliphatic rings. The average Bonchev–Trinajstić information content (AvgIpc) is 2.37. The lowest BCUT2D eigenvalue weighted by molar-refractivity contribution is 0.483. The van der Waals surface area contributed by atoms with Crippen LogP contribution in [0.5, 0.6) is 0 Å². The van der Waals surface area contributed by atoms with Crippen molar-refractivity contribution < 1.29 is 13.0 Å². The fraction of sp³-hybridized carbons (Fsp3) is 0. The Morgan fingerprint density at radius 3 is 2.21 bits per heavy atom. The molecule has 0 saturated heterocycles. The van der Waals surface area contributed by atoms with E-state index in [1.807, 2.05) is 0 Å². The highest BCUT2D eigenvalue weighted by molar-refractivity contribution is 7.85. The van der Waals surface area contributed by atoms with Crippen molar-refractivity contribution in [2.45, 2.75) is 4.90 Å². The van der Waals surface area contributed by atoms with Gasteiger partial charge in [0, 0.05) is 5.69 Å². The van der Waals surface area contributed by atoms with Crippen molar-refractivity contribution >= 4 is 27.2 Å². The Morgan fingerprint density at radius 1 is 0.947 bits per heavy atom. The number of anilines is 1. The lowest BCUT2D eigenvalue weighted by atomic mass is 10.3. The molecule has 0 fully saturated rings. The summed E-state index contributed by atoms with van der Waals surface area (Å²) in [5, 5.41) is 7.82. The van der Waals surface area contributed by atoms with E-state index >= 15 is 0 Å². The molecular formula is C12H11N3O3S. The Labute approximate surface area is 110 Å². The Balaban J connectivity index is 2.26. The van der Waals surface area contributed by atoms with Crippen molar-refractivity contribution in [3.8, 4) is 0 Å². The maximum atomic E-state index is 11.0. The summed E-state index contributed by atoms with van der Waals surface area (Å²) in [6.45, 7) is 0. The number of rotatable bonds is 3. The average molecular weight is 277 g/mol. The molecule has 0 amide bonds. The van der Waals surface area contributed by atoms with Crippen molar-refractivity contribution in [1.29, 1.82) is 0 Å². The summed E-state index contributed by atoms with van der Waals surface area (Å²) in [7, 11) is -4.23. The molecule has 0 aliphatic heterocycles. The number of benzene rings is 2. The molecule has 7 heteroatoms. The van der Waals surface area contributed by atoms with Crippen molar-refractivity contribution in [3.63, 3.8) is 0 Å². The van der Waals surface area contributed by atoms with Crippen LogP contribution in [0, 0.1) is 0 Å². The van der Waals surface area contributed by atoms with Crippen LogP contribution in [0.1, 0.15) is 0 Å². The zero-order valence-electron chi connectivity index (χ0n) is 9.76. The highest BCUT2D eigenvalue weighted by Crippen LogP contribution is 2.21. The molecule has 2 rings (SSSR count). The van der Waals surface area contributed by atoms with Gasteiger partial charge >= 0.3 is 0 Å². The third-order valence-electron chi connectivity index (χ3n) is 2.29. The van der Waals surface area contributed by atoms with E-state index in [2.05, 4.69) is 10.2 Å². The van der Waals surface area contributed by atoms with Gasteiger partial charge in [0.25, 0.3) is 10.1 Å². The minimum Gasteiger partial charge on any atom is -0.399 e. The number of hydrogen-bond donors (Lipinski definition) is 2. The van der Waals surface area contributed by atoms with E-state index in [9.17, 15) is 8.42 Å². The fourth-order valence-electron chi connectivity index (χ4n) is 1.36. The quantitative estimate of drug-likeness (QED) is 0.511. The SMILES string of the molecule is Nc1ccc(N=Nc2cccc(S(=O)(=O)O)c2)cc1. The maximum Gasteiger partial charge on any atom is 0.294 e. The third kappa shape index (κ3) is 3.60. The van der Waals surface area contributed by atoms with E-state index in [4.69, 9.17) is 10.3 Å². The molecule has 0 atom stereocenters. The number of nitrogen functional groups attached to an aromatic ring is 1. The zero-order chi connectivity index (χ0) is 13.9. The molecule has 19 heavy (non-hydrogen) atoms. The second-order valence-corrected chi connectivity index (χ2v) is 5.19. The van der Waals surface area contributed by atoms with Crippen molar-refractivity contribution in [3.05, 3.63) is 48.5 Å². The van der Waals surface area contributed by atoms with Crippen LogP contribution >= 0.6 is 0 Å². The summed E-state index contributed by atoms with van der Waals surface area (Å²) in [5.41, 5.74) is 7.07. The summed E-state index contributed by atoms with van der Waals surface area (Å²) < 4.78 is 30.8. The topological polar surface area (TPSA) is 105 Å². The van der Waals surface area contributed by atoms with Crippen LogP contribution in [-0.4, -0.2) is 13.0 Å². The number of nitrogens with zero attached hydrogens (tertiary/aromatic N) is 2. The molecule has 0 radical (unpaired) electrons. The lowest BCUT2D eigenvalue weighted by Gasteiger charge is -1.98. The third-order valence-corrected chi connectivity index (χ3v) is 3.14. The van der Waals surface area contributed by atoms with Crippen LogP contribution in [0.3, 0.4) is 0 Å². The molecule has 98 valence electrons. The van der Waals surface area contributed by atoms with Crippen molar-refractivity contribution in [2.75, 3.05) is 5.73 Å². The van der Waals surface area contributed by atoms with Crippen LogP contribution in [0.15, 0.2) is 63.7 Å². The van der Waals surface area contributed by atoms with Crippen LogP contribution in [0.25, 0.3) is 0 Å². The van der Waals surface area contributed by atoms with Gasteiger partial charge in [-0.3, -0.25) is 4.55 Å². The predicted octanol–water partition coefficient (Wildman–Crippen LogP) is 2.93. The first-order valence-electron chi connectivity index (χ1n) is 5.30. The summed E-state index contributed by atoms with van der Waals surface area (Å²) in [5.74, 6) is 0. The highest BCUT2D eigenvalue weighted by atomic mass is 32.2. The summed E-state index contributed by atoms with van der Waals surface area (Å²) in [6.07, 6.45) is 0. The smallest absolute Gasteiger partial charge is 0.294 e. The minimum atomic E-state index is -4.23. The fourth-order valence-corrected chi connectivity index (χ4v) is 1.88. The van der Waals surface area contributed by atoms with Crippen LogP contribution < -0.4 is 5.73 Å². The van der Waals surface area contributed by atoms with Crippen LogP contribution in [-0.2, 0) is 10.1 Å². The molecule has 2 aromatic carbocycles. The molecule has 0 unspecified atom stereocenters. The Morgan fingerprint density at radius 2 is 1.58 bits per heavy atom. The normalized spacial score (nSPS) is 11.8. The number of nitrogens with two attached hydrogens (primary N) is 1. The molecule has 0 spiro atoms. The van der Waals surface area contributed by atoms with Gasteiger partial charge < -0.3 is 5.73 Å². The maximum absolute atomic E-state index is 11.0. The summed E-state index contributed by atoms with van der Waals surface area (Å²) in [6, 6.07) is 12.3. The van der Waals surface area contributed by atoms with Gasteiger partial charge in [0.15, 0.2) is 0 Å². The molecule has 0 aliphatic carbocycles.